The summed E-state index contributed by atoms with van der Waals surface area (Å²) >= 11 is 0. The van der Waals surface area contributed by atoms with Crippen molar-refractivity contribution in [2.75, 3.05) is 5.73 Å². The van der Waals surface area contributed by atoms with Crippen LogP contribution in [0.25, 0.3) is 11.2 Å². The molecule has 0 spiro atoms. The Morgan fingerprint density at radius 1 is 1.29 bits per heavy atom. The summed E-state index contributed by atoms with van der Waals surface area (Å²) in [5.74, 6) is -0.455. The molecular weight excluding hydrogens is 313 g/mol. The third-order valence-electron chi connectivity index (χ3n) is 3.77. The van der Waals surface area contributed by atoms with Crippen LogP contribution in [0.1, 0.15) is 31.5 Å². The van der Waals surface area contributed by atoms with E-state index < -0.39 is 17.9 Å². The molecule has 24 heavy (non-hydrogen) atoms. The fraction of sp³-hybridized carbons (Fsp3) is 0.267. The number of amides is 1. The predicted molar refractivity (Wildman–Crippen MR) is 85.2 cm³/mol. The quantitative estimate of drug-likeness (QED) is 0.748. The summed E-state index contributed by atoms with van der Waals surface area (Å²) < 4.78 is 14.9. The summed E-state index contributed by atoms with van der Waals surface area (Å²) in [4.78, 5) is 28.4. The lowest BCUT2D eigenvalue weighted by Gasteiger charge is -2.18. The molecule has 1 unspecified atom stereocenters. The number of aromatic nitrogens is 5. The molecule has 0 aliphatic heterocycles. The summed E-state index contributed by atoms with van der Waals surface area (Å²) in [7, 11) is 0. The highest BCUT2D eigenvalue weighted by Gasteiger charge is 2.21. The normalized spacial score (nSPS) is 13.6. The van der Waals surface area contributed by atoms with Crippen LogP contribution in [-0.2, 0) is 4.79 Å². The number of carbonyl (C=O) groups excluding carboxylic acids is 1. The second kappa shape index (κ2) is 6.19. The Morgan fingerprint density at radius 3 is 2.83 bits per heavy atom. The molecule has 3 heterocycles. The van der Waals surface area contributed by atoms with Gasteiger partial charge in [0.25, 0.3) is 0 Å². The monoisotopic (exact) mass is 329 g/mol. The number of nitrogens with one attached hydrogen (secondary N) is 1. The molecule has 3 N–H and O–H groups in total. The van der Waals surface area contributed by atoms with Gasteiger partial charge in [-0.3, -0.25) is 9.78 Å². The highest BCUT2D eigenvalue weighted by molar-refractivity contribution is 5.85. The van der Waals surface area contributed by atoms with Crippen molar-refractivity contribution in [2.24, 2.45) is 0 Å². The number of imidazole rings is 1. The summed E-state index contributed by atoms with van der Waals surface area (Å²) in [6.07, 6.45) is 5.44. The van der Waals surface area contributed by atoms with Gasteiger partial charge in [-0.2, -0.15) is 0 Å². The van der Waals surface area contributed by atoms with E-state index >= 15 is 0 Å². The number of carbonyl (C=O) groups is 1. The van der Waals surface area contributed by atoms with Crippen molar-refractivity contribution in [1.29, 1.82) is 0 Å². The van der Waals surface area contributed by atoms with Gasteiger partial charge in [0.2, 0.25) is 5.91 Å². The van der Waals surface area contributed by atoms with Crippen LogP contribution in [0.5, 0.6) is 0 Å². The van der Waals surface area contributed by atoms with E-state index in [0.717, 1.165) is 6.20 Å². The van der Waals surface area contributed by atoms with Gasteiger partial charge in [0, 0.05) is 6.20 Å². The van der Waals surface area contributed by atoms with Crippen molar-refractivity contribution in [2.45, 2.75) is 25.9 Å². The van der Waals surface area contributed by atoms with Crippen molar-refractivity contribution >= 4 is 22.9 Å². The van der Waals surface area contributed by atoms with Gasteiger partial charge in [0.05, 0.1) is 18.6 Å². The van der Waals surface area contributed by atoms with Crippen LogP contribution < -0.4 is 11.1 Å². The fourth-order valence-electron chi connectivity index (χ4n) is 2.36. The first-order valence-electron chi connectivity index (χ1n) is 7.31. The number of fused-ring (bicyclic) bond motifs is 1. The van der Waals surface area contributed by atoms with Gasteiger partial charge in [0.1, 0.15) is 23.7 Å². The molecule has 2 atom stereocenters. The van der Waals surface area contributed by atoms with E-state index in [0.29, 0.717) is 16.7 Å². The number of pyridine rings is 1. The van der Waals surface area contributed by atoms with E-state index in [-0.39, 0.29) is 11.7 Å². The first kappa shape index (κ1) is 15.8. The van der Waals surface area contributed by atoms with Gasteiger partial charge in [-0.1, -0.05) is 0 Å². The first-order chi connectivity index (χ1) is 11.5. The zero-order chi connectivity index (χ0) is 17.3. The van der Waals surface area contributed by atoms with Crippen molar-refractivity contribution in [1.82, 2.24) is 29.8 Å². The van der Waals surface area contributed by atoms with Crippen LogP contribution in [0.3, 0.4) is 0 Å². The number of anilines is 1. The smallest absolute Gasteiger partial charge is 0.243 e. The Kier molecular flexibility index (Phi) is 4.07. The molecule has 0 fully saturated rings. The van der Waals surface area contributed by atoms with E-state index in [1.54, 1.807) is 18.4 Å². The highest BCUT2D eigenvalue weighted by atomic mass is 19.1. The molecule has 124 valence electrons. The molecule has 3 aromatic heterocycles. The predicted octanol–water partition coefficient (Wildman–Crippen LogP) is 1.38. The summed E-state index contributed by atoms with van der Waals surface area (Å²) in [5.41, 5.74) is 7.25. The van der Waals surface area contributed by atoms with Crippen molar-refractivity contribution in [3.05, 3.63) is 42.5 Å². The Hall–Kier alpha value is -3.10. The molecule has 1 amide bonds. The lowest BCUT2D eigenvalue weighted by Crippen LogP contribution is -2.33. The topological polar surface area (TPSA) is 112 Å². The van der Waals surface area contributed by atoms with Gasteiger partial charge < -0.3 is 15.6 Å². The Morgan fingerprint density at radius 2 is 2.08 bits per heavy atom. The molecule has 0 saturated heterocycles. The maximum absolute atomic E-state index is 13.2. The third-order valence-corrected chi connectivity index (χ3v) is 3.77. The Labute approximate surface area is 137 Å². The minimum atomic E-state index is -0.576. The first-order valence-corrected chi connectivity index (χ1v) is 7.31. The van der Waals surface area contributed by atoms with Crippen LogP contribution in [0.15, 0.2) is 31.1 Å². The number of nitrogen functional groups attached to an aromatic ring is 1. The SMILES string of the molecule is CC(C(=O)N[C@H](C)c1cncc(F)c1)n1cnc2c(N)ncnc21. The Balaban J connectivity index is 1.80. The van der Waals surface area contributed by atoms with Crippen molar-refractivity contribution in [3.8, 4) is 0 Å². The van der Waals surface area contributed by atoms with Gasteiger partial charge in [-0.25, -0.2) is 19.3 Å². The third kappa shape index (κ3) is 2.87. The van der Waals surface area contributed by atoms with E-state index in [1.165, 1.54) is 24.9 Å². The van der Waals surface area contributed by atoms with Gasteiger partial charge >= 0.3 is 0 Å². The molecule has 3 rings (SSSR count). The molecular formula is C15H16FN7O. The molecule has 0 radical (unpaired) electrons. The van der Waals surface area contributed by atoms with Crippen molar-refractivity contribution in [3.63, 3.8) is 0 Å². The second-order valence-corrected chi connectivity index (χ2v) is 5.43. The largest absolute Gasteiger partial charge is 0.382 e. The van der Waals surface area contributed by atoms with Gasteiger partial charge in [-0.05, 0) is 25.5 Å². The van der Waals surface area contributed by atoms with E-state index in [9.17, 15) is 9.18 Å². The van der Waals surface area contributed by atoms with E-state index in [4.69, 9.17) is 5.73 Å². The maximum atomic E-state index is 13.2. The van der Waals surface area contributed by atoms with Gasteiger partial charge in [0.15, 0.2) is 11.5 Å². The number of nitrogens with two attached hydrogens (primary N) is 1. The standard InChI is InChI=1S/C15H16FN7O/c1-8(10-3-11(16)5-18-4-10)22-15(24)9(2)23-7-21-12-13(17)19-6-20-14(12)23/h3-9H,1-2H3,(H,22,24)(H2,17,19,20)/t8-,9?/m1/s1. The molecule has 0 aliphatic rings. The number of halogens is 1. The minimum absolute atomic E-state index is 0.255. The van der Waals surface area contributed by atoms with Crippen LogP contribution in [0.4, 0.5) is 10.2 Å². The molecule has 0 bridgehead atoms. The van der Waals surface area contributed by atoms with Crippen LogP contribution in [-0.4, -0.2) is 30.4 Å². The minimum Gasteiger partial charge on any atom is -0.382 e. The molecule has 8 nitrogen and oxygen atoms in total. The number of rotatable bonds is 4. The van der Waals surface area contributed by atoms with Crippen LogP contribution in [0, 0.1) is 5.82 Å². The second-order valence-electron chi connectivity index (χ2n) is 5.43. The lowest BCUT2D eigenvalue weighted by atomic mass is 10.1. The summed E-state index contributed by atoms with van der Waals surface area (Å²) in [6, 6.07) is 0.370. The van der Waals surface area contributed by atoms with Crippen LogP contribution in [0.2, 0.25) is 0 Å². The maximum Gasteiger partial charge on any atom is 0.243 e. The summed E-state index contributed by atoms with van der Waals surface area (Å²) in [5, 5.41) is 2.82. The van der Waals surface area contributed by atoms with Gasteiger partial charge in [-0.15, -0.1) is 0 Å². The van der Waals surface area contributed by atoms with Crippen molar-refractivity contribution < 1.29 is 9.18 Å². The zero-order valence-corrected chi connectivity index (χ0v) is 13.1. The van der Waals surface area contributed by atoms with E-state index in [2.05, 4.69) is 25.3 Å². The highest BCUT2D eigenvalue weighted by Crippen LogP contribution is 2.20. The molecule has 0 saturated carbocycles. The van der Waals surface area contributed by atoms with Crippen LogP contribution >= 0.6 is 0 Å². The lowest BCUT2D eigenvalue weighted by molar-refractivity contribution is -0.124. The fourth-order valence-corrected chi connectivity index (χ4v) is 2.36. The average molecular weight is 329 g/mol. The number of hydrogen-bond acceptors (Lipinski definition) is 6. The number of nitrogens with zero attached hydrogens (tertiary/aromatic N) is 5. The average Bonchev–Trinajstić information content (AvgIpc) is 2.99. The molecule has 9 heteroatoms. The molecule has 3 aromatic rings. The van der Waals surface area contributed by atoms with E-state index in [1.807, 2.05) is 0 Å². The molecule has 0 aromatic carbocycles. The number of hydrogen-bond donors (Lipinski definition) is 2. The summed E-state index contributed by atoms with van der Waals surface area (Å²) in [6.45, 7) is 3.47. The molecule has 0 aliphatic carbocycles. The Bertz CT molecular complexity index is 894. The zero-order valence-electron chi connectivity index (χ0n) is 13.1.